The molecule has 2 aromatic rings. The predicted molar refractivity (Wildman–Crippen MR) is 75.6 cm³/mol. The summed E-state index contributed by atoms with van der Waals surface area (Å²) in [5, 5.41) is 0. The van der Waals surface area contributed by atoms with E-state index in [4.69, 9.17) is 0 Å². The van der Waals surface area contributed by atoms with Crippen LogP contribution in [0.15, 0.2) is 43.1 Å². The minimum Gasteiger partial charge on any atom is -0.298 e. The van der Waals surface area contributed by atoms with E-state index in [2.05, 4.69) is 39.9 Å². The first-order valence-corrected chi connectivity index (χ1v) is 6.62. The standard InChI is InChI=1S/C15H20N4/c1-13(15-7-9-17-12-18-15)19(2)10-4-6-14-5-3-8-16-11-14/h3,5,7-9,11-13H,4,6,10H2,1-2H3/t13-/m0/s1. The quantitative estimate of drug-likeness (QED) is 0.796. The zero-order chi connectivity index (χ0) is 13.5. The predicted octanol–water partition coefficient (Wildman–Crippen LogP) is 2.50. The third-order valence-corrected chi connectivity index (χ3v) is 3.39. The van der Waals surface area contributed by atoms with Crippen LogP contribution in [0.5, 0.6) is 0 Å². The summed E-state index contributed by atoms with van der Waals surface area (Å²) < 4.78 is 0. The summed E-state index contributed by atoms with van der Waals surface area (Å²) in [5.41, 5.74) is 2.37. The lowest BCUT2D eigenvalue weighted by atomic mass is 10.1. The highest BCUT2D eigenvalue weighted by molar-refractivity contribution is 5.08. The van der Waals surface area contributed by atoms with E-state index in [0.717, 1.165) is 25.1 Å². The monoisotopic (exact) mass is 256 g/mol. The van der Waals surface area contributed by atoms with Crippen LogP contribution in [0.4, 0.5) is 0 Å². The maximum atomic E-state index is 4.30. The van der Waals surface area contributed by atoms with Gasteiger partial charge in [0.25, 0.3) is 0 Å². The van der Waals surface area contributed by atoms with Crippen molar-refractivity contribution in [2.24, 2.45) is 0 Å². The van der Waals surface area contributed by atoms with Crippen molar-refractivity contribution in [2.45, 2.75) is 25.8 Å². The molecule has 2 aromatic heterocycles. The lowest BCUT2D eigenvalue weighted by Gasteiger charge is -2.23. The van der Waals surface area contributed by atoms with E-state index in [1.165, 1.54) is 5.56 Å². The molecule has 0 spiro atoms. The molecule has 0 bridgehead atoms. The molecule has 4 heteroatoms. The molecule has 0 amide bonds. The van der Waals surface area contributed by atoms with Gasteiger partial charge in [-0.25, -0.2) is 9.97 Å². The fraction of sp³-hybridized carbons (Fsp3) is 0.400. The molecule has 0 saturated heterocycles. The topological polar surface area (TPSA) is 41.9 Å². The average molecular weight is 256 g/mol. The van der Waals surface area contributed by atoms with E-state index in [-0.39, 0.29) is 0 Å². The molecule has 100 valence electrons. The first-order chi connectivity index (χ1) is 9.27. The number of rotatable bonds is 6. The van der Waals surface area contributed by atoms with Crippen molar-refractivity contribution in [3.8, 4) is 0 Å². The lowest BCUT2D eigenvalue weighted by molar-refractivity contribution is 0.254. The van der Waals surface area contributed by atoms with Crippen molar-refractivity contribution >= 4 is 0 Å². The van der Waals surface area contributed by atoms with Crippen LogP contribution in [0.1, 0.15) is 30.6 Å². The van der Waals surface area contributed by atoms with Gasteiger partial charge >= 0.3 is 0 Å². The minimum atomic E-state index is 0.317. The Morgan fingerprint density at radius 1 is 1.21 bits per heavy atom. The lowest BCUT2D eigenvalue weighted by Crippen LogP contribution is -2.24. The third-order valence-electron chi connectivity index (χ3n) is 3.39. The van der Waals surface area contributed by atoms with Gasteiger partial charge in [0.15, 0.2) is 0 Å². The van der Waals surface area contributed by atoms with Gasteiger partial charge in [-0.2, -0.15) is 0 Å². The number of aryl methyl sites for hydroxylation is 1. The van der Waals surface area contributed by atoms with Crippen molar-refractivity contribution in [1.82, 2.24) is 19.9 Å². The maximum Gasteiger partial charge on any atom is 0.115 e. The smallest absolute Gasteiger partial charge is 0.115 e. The Labute approximate surface area is 114 Å². The molecule has 0 saturated carbocycles. The molecule has 0 aliphatic rings. The highest BCUT2D eigenvalue weighted by atomic mass is 15.1. The van der Waals surface area contributed by atoms with Gasteiger partial charge in [0, 0.05) is 24.6 Å². The molecule has 0 aliphatic carbocycles. The van der Waals surface area contributed by atoms with E-state index >= 15 is 0 Å². The van der Waals surface area contributed by atoms with Gasteiger partial charge in [-0.3, -0.25) is 9.88 Å². The van der Waals surface area contributed by atoms with Crippen molar-refractivity contribution in [3.63, 3.8) is 0 Å². The second kappa shape index (κ2) is 6.95. The third kappa shape index (κ3) is 4.10. The molecule has 0 aliphatic heterocycles. The number of hydrogen-bond acceptors (Lipinski definition) is 4. The Morgan fingerprint density at radius 3 is 2.79 bits per heavy atom. The van der Waals surface area contributed by atoms with Gasteiger partial charge < -0.3 is 0 Å². The van der Waals surface area contributed by atoms with E-state index in [9.17, 15) is 0 Å². The Morgan fingerprint density at radius 2 is 2.11 bits per heavy atom. The van der Waals surface area contributed by atoms with Gasteiger partial charge in [-0.05, 0) is 51.1 Å². The fourth-order valence-electron chi connectivity index (χ4n) is 2.05. The van der Waals surface area contributed by atoms with Crippen LogP contribution in [0.25, 0.3) is 0 Å². The van der Waals surface area contributed by atoms with Crippen molar-refractivity contribution in [1.29, 1.82) is 0 Å². The molecule has 0 unspecified atom stereocenters. The van der Waals surface area contributed by atoms with Crippen LogP contribution in [-0.2, 0) is 6.42 Å². The molecule has 2 heterocycles. The SMILES string of the molecule is C[C@@H](c1ccncn1)N(C)CCCc1cccnc1. The Kier molecular flexibility index (Phi) is 4.98. The fourth-order valence-corrected chi connectivity index (χ4v) is 2.05. The van der Waals surface area contributed by atoms with E-state index in [1.807, 2.05) is 24.5 Å². The molecule has 4 nitrogen and oxygen atoms in total. The Balaban J connectivity index is 1.80. The summed E-state index contributed by atoms with van der Waals surface area (Å²) in [6.07, 6.45) is 9.34. The van der Waals surface area contributed by atoms with Gasteiger partial charge in [0.05, 0.1) is 5.69 Å². The van der Waals surface area contributed by atoms with Crippen LogP contribution >= 0.6 is 0 Å². The van der Waals surface area contributed by atoms with Crippen LogP contribution < -0.4 is 0 Å². The van der Waals surface area contributed by atoms with Crippen LogP contribution in [0.3, 0.4) is 0 Å². The molecule has 19 heavy (non-hydrogen) atoms. The summed E-state index contributed by atoms with van der Waals surface area (Å²) in [5.74, 6) is 0. The van der Waals surface area contributed by atoms with Crippen LogP contribution in [0.2, 0.25) is 0 Å². The van der Waals surface area contributed by atoms with Crippen molar-refractivity contribution in [2.75, 3.05) is 13.6 Å². The van der Waals surface area contributed by atoms with Gasteiger partial charge in [-0.1, -0.05) is 6.07 Å². The van der Waals surface area contributed by atoms with Gasteiger partial charge in [-0.15, -0.1) is 0 Å². The molecule has 2 rings (SSSR count). The minimum absolute atomic E-state index is 0.317. The molecule has 0 aromatic carbocycles. The molecular formula is C15H20N4. The second-order valence-electron chi connectivity index (χ2n) is 4.76. The summed E-state index contributed by atoms with van der Waals surface area (Å²) >= 11 is 0. The Bertz CT molecular complexity index is 472. The second-order valence-corrected chi connectivity index (χ2v) is 4.76. The zero-order valence-corrected chi connectivity index (χ0v) is 11.5. The normalized spacial score (nSPS) is 12.6. The molecular weight excluding hydrogens is 236 g/mol. The van der Waals surface area contributed by atoms with Crippen LogP contribution in [0, 0.1) is 0 Å². The van der Waals surface area contributed by atoms with E-state index < -0.39 is 0 Å². The van der Waals surface area contributed by atoms with E-state index in [0.29, 0.717) is 6.04 Å². The molecule has 0 radical (unpaired) electrons. The number of hydrogen-bond donors (Lipinski definition) is 0. The number of pyridine rings is 1. The van der Waals surface area contributed by atoms with E-state index in [1.54, 1.807) is 12.5 Å². The van der Waals surface area contributed by atoms with Gasteiger partial charge in [0.1, 0.15) is 6.33 Å². The average Bonchev–Trinajstić information content (AvgIpc) is 2.48. The number of aromatic nitrogens is 3. The highest BCUT2D eigenvalue weighted by Crippen LogP contribution is 2.15. The summed E-state index contributed by atoms with van der Waals surface area (Å²) in [4.78, 5) is 14.7. The zero-order valence-electron chi connectivity index (χ0n) is 11.5. The first-order valence-electron chi connectivity index (χ1n) is 6.62. The Hall–Kier alpha value is -1.81. The first kappa shape index (κ1) is 13.6. The largest absolute Gasteiger partial charge is 0.298 e. The molecule has 0 fully saturated rings. The van der Waals surface area contributed by atoms with Gasteiger partial charge in [0.2, 0.25) is 0 Å². The summed E-state index contributed by atoms with van der Waals surface area (Å²) in [7, 11) is 2.13. The maximum absolute atomic E-state index is 4.30. The van der Waals surface area contributed by atoms with Crippen molar-refractivity contribution < 1.29 is 0 Å². The summed E-state index contributed by atoms with van der Waals surface area (Å²) in [6.45, 7) is 3.21. The highest BCUT2D eigenvalue weighted by Gasteiger charge is 2.11. The number of nitrogens with zero attached hydrogens (tertiary/aromatic N) is 4. The molecule has 1 atom stereocenters. The van der Waals surface area contributed by atoms with Crippen molar-refractivity contribution in [3.05, 3.63) is 54.4 Å². The summed E-state index contributed by atoms with van der Waals surface area (Å²) in [6, 6.07) is 6.41. The molecule has 0 N–H and O–H groups in total. The van der Waals surface area contributed by atoms with Crippen LogP contribution in [-0.4, -0.2) is 33.4 Å².